The van der Waals surface area contributed by atoms with Gasteiger partial charge in [-0.2, -0.15) is 0 Å². The van der Waals surface area contributed by atoms with Gasteiger partial charge < -0.3 is 4.74 Å². The minimum atomic E-state index is 0.0488. The third kappa shape index (κ3) is 2.69. The predicted molar refractivity (Wildman–Crippen MR) is 84.2 cm³/mol. The average Bonchev–Trinajstić information content (AvgIpc) is 2.85. The molecule has 3 rings (SSSR count). The molecule has 0 aliphatic rings. The molecule has 21 heavy (non-hydrogen) atoms. The zero-order chi connectivity index (χ0) is 15.0. The fraction of sp³-hybridized carbons (Fsp3) is 0.200. The van der Waals surface area contributed by atoms with Crippen LogP contribution in [-0.4, -0.2) is 20.7 Å². The molecule has 0 aliphatic carbocycles. The van der Waals surface area contributed by atoms with Crippen LogP contribution in [0.5, 0.6) is 5.75 Å². The summed E-state index contributed by atoms with van der Waals surface area (Å²) >= 11 is 12.2. The second-order valence-corrected chi connectivity index (χ2v) is 5.72. The van der Waals surface area contributed by atoms with Crippen LogP contribution in [0, 0.1) is 0 Å². The van der Waals surface area contributed by atoms with Crippen LogP contribution in [0.2, 0.25) is 10.0 Å². The number of hydrogen-bond acceptors (Lipinski definition) is 3. The van der Waals surface area contributed by atoms with Gasteiger partial charge in [0.1, 0.15) is 5.75 Å². The van der Waals surface area contributed by atoms with Crippen molar-refractivity contribution in [1.29, 1.82) is 0 Å². The molecule has 0 aliphatic heterocycles. The highest BCUT2D eigenvalue weighted by atomic mass is 35.5. The molecule has 1 aromatic carbocycles. The molecule has 3 aromatic rings. The molecule has 0 saturated carbocycles. The van der Waals surface area contributed by atoms with Crippen molar-refractivity contribution in [2.45, 2.75) is 20.0 Å². The first-order valence-corrected chi connectivity index (χ1v) is 7.27. The number of fused-ring (bicyclic) bond motifs is 1. The van der Waals surface area contributed by atoms with Crippen molar-refractivity contribution in [3.63, 3.8) is 0 Å². The van der Waals surface area contributed by atoms with Crippen LogP contribution in [0.4, 0.5) is 0 Å². The molecule has 0 saturated heterocycles. The molecule has 0 radical (unpaired) electrons. The van der Waals surface area contributed by atoms with E-state index in [1.807, 2.05) is 42.6 Å². The van der Waals surface area contributed by atoms with Crippen molar-refractivity contribution in [3.05, 3.63) is 46.6 Å². The van der Waals surface area contributed by atoms with Gasteiger partial charge in [-0.3, -0.25) is 4.40 Å². The number of pyridine rings is 1. The van der Waals surface area contributed by atoms with Crippen LogP contribution in [0.3, 0.4) is 0 Å². The molecule has 2 aromatic heterocycles. The monoisotopic (exact) mass is 321 g/mol. The summed E-state index contributed by atoms with van der Waals surface area (Å²) in [4.78, 5) is 0. The number of hydrogen-bond donors (Lipinski definition) is 0. The Morgan fingerprint density at radius 3 is 2.71 bits per heavy atom. The molecule has 0 spiro atoms. The summed E-state index contributed by atoms with van der Waals surface area (Å²) in [5, 5.41) is 9.51. The van der Waals surface area contributed by atoms with E-state index in [-0.39, 0.29) is 6.10 Å². The number of rotatable bonds is 3. The highest BCUT2D eigenvalue weighted by Crippen LogP contribution is 2.33. The van der Waals surface area contributed by atoms with Crippen molar-refractivity contribution in [2.24, 2.45) is 0 Å². The average molecular weight is 322 g/mol. The van der Waals surface area contributed by atoms with Crippen LogP contribution in [0.15, 0.2) is 36.5 Å². The lowest BCUT2D eigenvalue weighted by Gasteiger charge is -2.13. The van der Waals surface area contributed by atoms with E-state index < -0.39 is 0 Å². The Labute approximate surface area is 132 Å². The molecule has 0 atom stereocenters. The number of ether oxygens (including phenoxy) is 1. The van der Waals surface area contributed by atoms with Crippen molar-refractivity contribution < 1.29 is 4.74 Å². The fourth-order valence-electron chi connectivity index (χ4n) is 2.10. The number of aromatic nitrogens is 3. The molecule has 0 amide bonds. The quantitative estimate of drug-likeness (QED) is 0.713. The Bertz CT molecular complexity index is 799. The van der Waals surface area contributed by atoms with E-state index in [9.17, 15) is 0 Å². The summed E-state index contributed by atoms with van der Waals surface area (Å²) < 4.78 is 7.65. The topological polar surface area (TPSA) is 39.4 Å². The van der Waals surface area contributed by atoms with Crippen LogP contribution < -0.4 is 4.74 Å². The predicted octanol–water partition coefficient (Wildman–Crippen LogP) is 4.49. The normalized spacial score (nSPS) is 11.3. The SMILES string of the molecule is CC(C)Oc1ccc(Cl)cc1-c1nnc2c(Cl)cccn12. The van der Waals surface area contributed by atoms with E-state index in [0.29, 0.717) is 27.3 Å². The van der Waals surface area contributed by atoms with E-state index in [1.165, 1.54) is 0 Å². The lowest BCUT2D eigenvalue weighted by atomic mass is 10.2. The summed E-state index contributed by atoms with van der Waals surface area (Å²) in [6, 6.07) is 9.06. The third-order valence-electron chi connectivity index (χ3n) is 2.93. The van der Waals surface area contributed by atoms with Crippen LogP contribution in [0.1, 0.15) is 13.8 Å². The molecule has 6 heteroatoms. The Hall–Kier alpha value is -1.78. The van der Waals surface area contributed by atoms with Crippen molar-refractivity contribution >= 4 is 28.8 Å². The highest BCUT2D eigenvalue weighted by molar-refractivity contribution is 6.33. The van der Waals surface area contributed by atoms with E-state index in [0.717, 1.165) is 5.56 Å². The summed E-state index contributed by atoms with van der Waals surface area (Å²) in [7, 11) is 0. The molecule has 4 nitrogen and oxygen atoms in total. The summed E-state index contributed by atoms with van der Waals surface area (Å²) in [6.07, 6.45) is 1.91. The van der Waals surface area contributed by atoms with Gasteiger partial charge in [0, 0.05) is 11.2 Å². The summed E-state index contributed by atoms with van der Waals surface area (Å²) in [6.45, 7) is 3.94. The lowest BCUT2D eigenvalue weighted by Crippen LogP contribution is -2.07. The maximum Gasteiger partial charge on any atom is 0.179 e. The number of nitrogens with zero attached hydrogens (tertiary/aromatic N) is 3. The first-order valence-electron chi connectivity index (χ1n) is 6.52. The van der Waals surface area contributed by atoms with Crippen molar-refractivity contribution in [1.82, 2.24) is 14.6 Å². The van der Waals surface area contributed by atoms with Gasteiger partial charge in [0.15, 0.2) is 11.5 Å². The molecule has 0 bridgehead atoms. The lowest BCUT2D eigenvalue weighted by molar-refractivity contribution is 0.243. The molecule has 0 unspecified atom stereocenters. The van der Waals surface area contributed by atoms with Gasteiger partial charge in [0.2, 0.25) is 0 Å². The minimum Gasteiger partial charge on any atom is -0.490 e. The Balaban J connectivity index is 2.22. The molecule has 108 valence electrons. The van der Waals surface area contributed by atoms with E-state index >= 15 is 0 Å². The van der Waals surface area contributed by atoms with Crippen LogP contribution in [0.25, 0.3) is 17.0 Å². The summed E-state index contributed by atoms with van der Waals surface area (Å²) in [5.74, 6) is 1.36. The first-order chi connectivity index (χ1) is 10.1. The van der Waals surface area contributed by atoms with Gasteiger partial charge in [0.05, 0.1) is 16.7 Å². The highest BCUT2D eigenvalue weighted by Gasteiger charge is 2.16. The second-order valence-electron chi connectivity index (χ2n) is 4.88. The molecule has 0 fully saturated rings. The number of halogens is 2. The smallest absolute Gasteiger partial charge is 0.179 e. The Kier molecular flexibility index (Phi) is 3.74. The van der Waals surface area contributed by atoms with Gasteiger partial charge in [-0.05, 0) is 44.2 Å². The maximum absolute atomic E-state index is 6.13. The Morgan fingerprint density at radius 1 is 1.14 bits per heavy atom. The van der Waals surface area contributed by atoms with Crippen molar-refractivity contribution in [2.75, 3.05) is 0 Å². The zero-order valence-corrected chi connectivity index (χ0v) is 13.1. The Morgan fingerprint density at radius 2 is 1.95 bits per heavy atom. The zero-order valence-electron chi connectivity index (χ0n) is 11.5. The second kappa shape index (κ2) is 5.54. The third-order valence-corrected chi connectivity index (χ3v) is 3.46. The van der Waals surface area contributed by atoms with Crippen LogP contribution >= 0.6 is 23.2 Å². The fourth-order valence-corrected chi connectivity index (χ4v) is 2.47. The van der Waals surface area contributed by atoms with E-state index in [4.69, 9.17) is 27.9 Å². The van der Waals surface area contributed by atoms with Gasteiger partial charge >= 0.3 is 0 Å². The largest absolute Gasteiger partial charge is 0.490 e. The molecule has 2 heterocycles. The molecule has 0 N–H and O–H groups in total. The van der Waals surface area contributed by atoms with Gasteiger partial charge in [0.25, 0.3) is 0 Å². The standard InChI is InChI=1S/C15H13Cl2N3O/c1-9(2)21-13-6-5-10(16)8-11(13)14-18-19-15-12(17)4-3-7-20(14)15/h3-9H,1-2H3. The van der Waals surface area contributed by atoms with E-state index in [2.05, 4.69) is 10.2 Å². The number of benzene rings is 1. The molecular formula is C15H13Cl2N3O. The minimum absolute atomic E-state index is 0.0488. The van der Waals surface area contributed by atoms with E-state index in [1.54, 1.807) is 12.1 Å². The maximum atomic E-state index is 6.13. The molecular weight excluding hydrogens is 309 g/mol. The van der Waals surface area contributed by atoms with Gasteiger partial charge in [-0.25, -0.2) is 0 Å². The van der Waals surface area contributed by atoms with Gasteiger partial charge in [-0.1, -0.05) is 23.2 Å². The van der Waals surface area contributed by atoms with Gasteiger partial charge in [-0.15, -0.1) is 10.2 Å². The first kappa shape index (κ1) is 14.2. The van der Waals surface area contributed by atoms with Crippen LogP contribution in [-0.2, 0) is 0 Å². The van der Waals surface area contributed by atoms with Crippen molar-refractivity contribution in [3.8, 4) is 17.1 Å². The summed E-state index contributed by atoms with van der Waals surface area (Å²) in [5.41, 5.74) is 1.38.